The Morgan fingerprint density at radius 3 is 2.53 bits per heavy atom. The molecule has 0 aromatic carbocycles. The number of rotatable bonds is 5. The van der Waals surface area contributed by atoms with Gasteiger partial charge in [-0.2, -0.15) is 0 Å². The van der Waals surface area contributed by atoms with Crippen LogP contribution >= 0.6 is 0 Å². The second-order valence-electron chi connectivity index (χ2n) is 4.21. The van der Waals surface area contributed by atoms with Crippen molar-refractivity contribution in [1.29, 1.82) is 0 Å². The molecule has 0 saturated heterocycles. The minimum absolute atomic E-state index is 0.0960. The molecule has 1 atom stereocenters. The molecule has 0 aliphatic carbocycles. The summed E-state index contributed by atoms with van der Waals surface area (Å²) in [6, 6.07) is 0.680. The minimum atomic E-state index is 0.0960. The van der Waals surface area contributed by atoms with Gasteiger partial charge in [0.2, 0.25) is 5.89 Å². The van der Waals surface area contributed by atoms with Crippen LogP contribution in [-0.2, 0) is 0 Å². The molecule has 1 unspecified atom stereocenters. The second kappa shape index (κ2) is 5.11. The van der Waals surface area contributed by atoms with Crippen molar-refractivity contribution in [3.63, 3.8) is 0 Å². The zero-order valence-electron chi connectivity index (χ0n) is 10.1. The van der Waals surface area contributed by atoms with Gasteiger partial charge in [0.05, 0.1) is 6.04 Å². The summed E-state index contributed by atoms with van der Waals surface area (Å²) in [5, 5.41) is 11.1. The first kappa shape index (κ1) is 12.0. The highest BCUT2D eigenvalue weighted by Gasteiger charge is 2.14. The van der Waals surface area contributed by atoms with Crippen LogP contribution in [0.25, 0.3) is 0 Å². The summed E-state index contributed by atoms with van der Waals surface area (Å²) in [6.07, 6.45) is 0. The van der Waals surface area contributed by atoms with Crippen LogP contribution in [0.3, 0.4) is 0 Å². The molecule has 0 radical (unpaired) electrons. The minimum Gasteiger partial charge on any atom is -0.406 e. The molecule has 1 aromatic heterocycles. The summed E-state index contributed by atoms with van der Waals surface area (Å²) in [7, 11) is 3.83. The molecule has 0 saturated carbocycles. The number of hydrogen-bond donors (Lipinski definition) is 1. The van der Waals surface area contributed by atoms with E-state index in [1.807, 2.05) is 25.9 Å². The third kappa shape index (κ3) is 3.20. The fraction of sp³-hybridized carbons (Fsp3) is 0.800. The van der Waals surface area contributed by atoms with E-state index in [-0.39, 0.29) is 6.04 Å². The van der Waals surface area contributed by atoms with Gasteiger partial charge < -0.3 is 14.6 Å². The average molecular weight is 212 g/mol. The van der Waals surface area contributed by atoms with Gasteiger partial charge in [-0.3, -0.25) is 0 Å². The molecule has 5 heteroatoms. The Morgan fingerprint density at radius 1 is 1.33 bits per heavy atom. The third-order valence-corrected chi connectivity index (χ3v) is 2.20. The fourth-order valence-corrected chi connectivity index (χ4v) is 1.30. The first-order valence-electron chi connectivity index (χ1n) is 5.26. The number of nitrogens with zero attached hydrogens (tertiary/aromatic N) is 3. The van der Waals surface area contributed by atoms with Crippen molar-refractivity contribution in [2.75, 3.05) is 25.5 Å². The highest BCUT2D eigenvalue weighted by atomic mass is 16.4. The Hall–Kier alpha value is -1.10. The molecular formula is C10H20N4O. The average Bonchev–Trinajstić information content (AvgIpc) is 2.64. The lowest BCUT2D eigenvalue weighted by molar-refractivity contribution is 0.429. The van der Waals surface area contributed by atoms with Gasteiger partial charge in [0.1, 0.15) is 0 Å². The largest absolute Gasteiger partial charge is 0.406 e. The Bertz CT molecular complexity index is 297. The lowest BCUT2D eigenvalue weighted by Gasteiger charge is -2.15. The van der Waals surface area contributed by atoms with E-state index in [0.717, 1.165) is 6.54 Å². The van der Waals surface area contributed by atoms with Crippen molar-refractivity contribution in [1.82, 2.24) is 15.5 Å². The highest BCUT2D eigenvalue weighted by Crippen LogP contribution is 2.16. The summed E-state index contributed by atoms with van der Waals surface area (Å²) < 4.78 is 5.54. The van der Waals surface area contributed by atoms with Crippen molar-refractivity contribution in [3.05, 3.63) is 5.89 Å². The molecule has 5 nitrogen and oxygen atoms in total. The van der Waals surface area contributed by atoms with Gasteiger partial charge in [-0.15, -0.1) is 5.10 Å². The summed E-state index contributed by atoms with van der Waals surface area (Å²) in [4.78, 5) is 1.98. The van der Waals surface area contributed by atoms with Gasteiger partial charge in [0.25, 0.3) is 0 Å². The van der Waals surface area contributed by atoms with Crippen LogP contribution in [0.5, 0.6) is 0 Å². The van der Waals surface area contributed by atoms with Crippen LogP contribution in [0, 0.1) is 5.92 Å². The van der Waals surface area contributed by atoms with Crippen LogP contribution in [-0.4, -0.2) is 30.8 Å². The Kier molecular flexibility index (Phi) is 4.08. The lowest BCUT2D eigenvalue weighted by atomic mass is 10.2. The van der Waals surface area contributed by atoms with Gasteiger partial charge in [0, 0.05) is 13.6 Å². The van der Waals surface area contributed by atoms with Crippen molar-refractivity contribution in [3.8, 4) is 0 Å². The SMILES string of the molecule is CNC(C)c1nnc(N(C)CC(C)C)o1. The van der Waals surface area contributed by atoms with Crippen LogP contribution in [0.2, 0.25) is 0 Å². The van der Waals surface area contributed by atoms with E-state index in [2.05, 4.69) is 29.4 Å². The van der Waals surface area contributed by atoms with E-state index < -0.39 is 0 Å². The van der Waals surface area contributed by atoms with Crippen molar-refractivity contribution < 1.29 is 4.42 Å². The normalized spacial score (nSPS) is 13.2. The van der Waals surface area contributed by atoms with Gasteiger partial charge in [-0.05, 0) is 19.9 Å². The number of aromatic nitrogens is 2. The van der Waals surface area contributed by atoms with Crippen LogP contribution in [0.1, 0.15) is 32.7 Å². The molecular weight excluding hydrogens is 192 g/mol. The molecule has 1 rings (SSSR count). The summed E-state index contributed by atoms with van der Waals surface area (Å²) in [5.74, 6) is 1.20. The fourth-order valence-electron chi connectivity index (χ4n) is 1.30. The first-order chi connectivity index (χ1) is 7.04. The zero-order chi connectivity index (χ0) is 11.4. The maximum absolute atomic E-state index is 5.54. The Balaban J connectivity index is 2.66. The maximum Gasteiger partial charge on any atom is 0.317 e. The lowest BCUT2D eigenvalue weighted by Crippen LogP contribution is -2.22. The highest BCUT2D eigenvalue weighted by molar-refractivity contribution is 5.22. The molecule has 0 spiro atoms. The predicted octanol–water partition coefficient (Wildman–Crippen LogP) is 1.44. The van der Waals surface area contributed by atoms with Gasteiger partial charge in [0.15, 0.2) is 0 Å². The van der Waals surface area contributed by atoms with Crippen molar-refractivity contribution >= 4 is 6.01 Å². The Labute approximate surface area is 90.9 Å². The standard InChI is InChI=1S/C10H20N4O/c1-7(2)6-14(5)10-13-12-9(15-10)8(3)11-4/h7-8,11H,6H2,1-5H3. The van der Waals surface area contributed by atoms with E-state index in [1.54, 1.807) is 0 Å². The van der Waals surface area contributed by atoms with Crippen molar-refractivity contribution in [2.45, 2.75) is 26.8 Å². The van der Waals surface area contributed by atoms with Gasteiger partial charge in [-0.1, -0.05) is 18.9 Å². The maximum atomic E-state index is 5.54. The van der Waals surface area contributed by atoms with E-state index in [9.17, 15) is 0 Å². The summed E-state index contributed by atoms with van der Waals surface area (Å²) in [6.45, 7) is 7.21. The van der Waals surface area contributed by atoms with E-state index in [4.69, 9.17) is 4.42 Å². The van der Waals surface area contributed by atoms with E-state index in [0.29, 0.717) is 17.8 Å². The third-order valence-electron chi connectivity index (χ3n) is 2.20. The number of nitrogens with one attached hydrogen (secondary N) is 1. The van der Waals surface area contributed by atoms with Crippen LogP contribution in [0.4, 0.5) is 6.01 Å². The number of anilines is 1. The van der Waals surface area contributed by atoms with Crippen LogP contribution in [0.15, 0.2) is 4.42 Å². The van der Waals surface area contributed by atoms with Crippen LogP contribution < -0.4 is 10.2 Å². The molecule has 1 heterocycles. The molecule has 0 amide bonds. The topological polar surface area (TPSA) is 54.2 Å². The summed E-state index contributed by atoms with van der Waals surface area (Å²) in [5.41, 5.74) is 0. The monoisotopic (exact) mass is 212 g/mol. The van der Waals surface area contributed by atoms with Crippen molar-refractivity contribution in [2.24, 2.45) is 5.92 Å². The second-order valence-corrected chi connectivity index (χ2v) is 4.21. The smallest absolute Gasteiger partial charge is 0.317 e. The zero-order valence-corrected chi connectivity index (χ0v) is 10.1. The molecule has 86 valence electrons. The molecule has 1 aromatic rings. The summed E-state index contributed by atoms with van der Waals surface area (Å²) >= 11 is 0. The van der Waals surface area contributed by atoms with Gasteiger partial charge >= 0.3 is 6.01 Å². The molecule has 1 N–H and O–H groups in total. The van der Waals surface area contributed by atoms with E-state index in [1.165, 1.54) is 0 Å². The quantitative estimate of drug-likeness (QED) is 0.800. The molecule has 0 aliphatic heterocycles. The van der Waals surface area contributed by atoms with Gasteiger partial charge in [-0.25, -0.2) is 0 Å². The van der Waals surface area contributed by atoms with E-state index >= 15 is 0 Å². The predicted molar refractivity (Wildman–Crippen MR) is 59.9 cm³/mol. The molecule has 0 aliphatic rings. The number of hydrogen-bond acceptors (Lipinski definition) is 5. The molecule has 15 heavy (non-hydrogen) atoms. The Morgan fingerprint density at radius 2 is 2.00 bits per heavy atom. The first-order valence-corrected chi connectivity index (χ1v) is 5.26. The molecule has 0 fully saturated rings. The molecule has 0 bridgehead atoms.